The first-order valence-corrected chi connectivity index (χ1v) is 3.86. The lowest BCUT2D eigenvalue weighted by molar-refractivity contribution is 0.125. The van der Waals surface area contributed by atoms with E-state index in [2.05, 4.69) is 0 Å². The van der Waals surface area contributed by atoms with Gasteiger partial charge in [-0.25, -0.2) is 8.78 Å². The topological polar surface area (TPSA) is 30.9 Å². The van der Waals surface area contributed by atoms with Crippen molar-refractivity contribution in [2.45, 2.75) is 19.4 Å². The average molecular weight is 174 g/mol. The molecule has 0 unspecified atom stereocenters. The summed E-state index contributed by atoms with van der Waals surface area (Å²) in [4.78, 5) is 0. The third-order valence-electron chi connectivity index (χ3n) is 1.66. The molecular formula is C8H12F2N2. The van der Waals surface area contributed by atoms with Crippen LogP contribution in [0.5, 0.6) is 0 Å². The van der Waals surface area contributed by atoms with Crippen molar-refractivity contribution in [2.75, 3.05) is 6.54 Å². The SMILES string of the molecule is NCCc1cccn1CC(F)F. The number of aromatic nitrogens is 1. The highest BCUT2D eigenvalue weighted by Crippen LogP contribution is 2.06. The molecule has 4 heteroatoms. The first-order valence-electron chi connectivity index (χ1n) is 3.86. The van der Waals surface area contributed by atoms with Gasteiger partial charge in [-0.1, -0.05) is 0 Å². The lowest BCUT2D eigenvalue weighted by atomic mass is 10.3. The highest BCUT2D eigenvalue weighted by atomic mass is 19.3. The molecule has 0 aromatic carbocycles. The molecule has 2 nitrogen and oxygen atoms in total. The molecular weight excluding hydrogens is 162 g/mol. The fraction of sp³-hybridized carbons (Fsp3) is 0.500. The van der Waals surface area contributed by atoms with Crippen molar-refractivity contribution in [2.24, 2.45) is 5.73 Å². The normalized spacial score (nSPS) is 11.0. The molecule has 0 radical (unpaired) electrons. The molecule has 2 N–H and O–H groups in total. The van der Waals surface area contributed by atoms with Gasteiger partial charge in [0.15, 0.2) is 0 Å². The van der Waals surface area contributed by atoms with E-state index < -0.39 is 6.43 Å². The van der Waals surface area contributed by atoms with Crippen LogP contribution in [-0.4, -0.2) is 17.5 Å². The summed E-state index contributed by atoms with van der Waals surface area (Å²) in [7, 11) is 0. The predicted octanol–water partition coefficient (Wildman–Crippen LogP) is 1.25. The lowest BCUT2D eigenvalue weighted by Gasteiger charge is -2.06. The van der Waals surface area contributed by atoms with Crippen LogP contribution >= 0.6 is 0 Å². The summed E-state index contributed by atoms with van der Waals surface area (Å²) in [5.74, 6) is 0. The maximum absolute atomic E-state index is 12.0. The third kappa shape index (κ3) is 2.30. The summed E-state index contributed by atoms with van der Waals surface area (Å²) in [6, 6.07) is 3.57. The zero-order chi connectivity index (χ0) is 8.97. The molecule has 0 atom stereocenters. The van der Waals surface area contributed by atoms with Crippen LogP contribution in [0.4, 0.5) is 8.78 Å². The Labute approximate surface area is 70.0 Å². The van der Waals surface area contributed by atoms with Gasteiger partial charge in [-0.3, -0.25) is 0 Å². The standard InChI is InChI=1S/C8H12F2N2/c9-8(10)6-12-5-1-2-7(12)3-4-11/h1-2,5,8H,3-4,6,11H2. The van der Waals surface area contributed by atoms with E-state index in [1.807, 2.05) is 6.07 Å². The van der Waals surface area contributed by atoms with E-state index in [1.165, 1.54) is 4.57 Å². The summed E-state index contributed by atoms with van der Waals surface area (Å²) in [5.41, 5.74) is 6.19. The van der Waals surface area contributed by atoms with Gasteiger partial charge in [0.2, 0.25) is 0 Å². The summed E-state index contributed by atoms with van der Waals surface area (Å²) >= 11 is 0. The number of nitrogens with zero attached hydrogens (tertiary/aromatic N) is 1. The van der Waals surface area contributed by atoms with Gasteiger partial charge >= 0.3 is 0 Å². The Hall–Kier alpha value is -0.900. The summed E-state index contributed by atoms with van der Waals surface area (Å²) < 4.78 is 25.5. The molecule has 0 aliphatic carbocycles. The van der Waals surface area contributed by atoms with Crippen LogP contribution in [0.1, 0.15) is 5.69 Å². The van der Waals surface area contributed by atoms with E-state index in [-0.39, 0.29) is 6.54 Å². The van der Waals surface area contributed by atoms with Crippen LogP contribution in [0.15, 0.2) is 18.3 Å². The molecule has 0 saturated heterocycles. The zero-order valence-electron chi connectivity index (χ0n) is 6.71. The molecule has 0 amide bonds. The number of hydrogen-bond donors (Lipinski definition) is 1. The Bertz CT molecular complexity index is 233. The van der Waals surface area contributed by atoms with Crippen molar-refractivity contribution in [3.05, 3.63) is 24.0 Å². The molecule has 1 rings (SSSR count). The smallest absolute Gasteiger partial charge is 0.256 e. The Balaban J connectivity index is 2.63. The van der Waals surface area contributed by atoms with Gasteiger partial charge in [0.25, 0.3) is 6.43 Å². The number of nitrogens with two attached hydrogens (primary N) is 1. The molecule has 68 valence electrons. The van der Waals surface area contributed by atoms with E-state index in [1.54, 1.807) is 12.3 Å². The second-order valence-electron chi connectivity index (χ2n) is 2.58. The molecule has 1 aromatic rings. The predicted molar refractivity (Wildman–Crippen MR) is 43.2 cm³/mol. The highest BCUT2D eigenvalue weighted by Gasteiger charge is 2.06. The largest absolute Gasteiger partial charge is 0.346 e. The Morgan fingerprint density at radius 3 is 2.83 bits per heavy atom. The maximum Gasteiger partial charge on any atom is 0.256 e. The van der Waals surface area contributed by atoms with Crippen molar-refractivity contribution in [1.29, 1.82) is 0 Å². The molecule has 0 saturated carbocycles. The number of rotatable bonds is 4. The molecule has 1 heterocycles. The van der Waals surface area contributed by atoms with Crippen molar-refractivity contribution in [3.63, 3.8) is 0 Å². The Morgan fingerprint density at radius 2 is 2.25 bits per heavy atom. The van der Waals surface area contributed by atoms with E-state index in [0.29, 0.717) is 13.0 Å². The van der Waals surface area contributed by atoms with Gasteiger partial charge in [0.1, 0.15) is 0 Å². The fourth-order valence-electron chi connectivity index (χ4n) is 1.15. The van der Waals surface area contributed by atoms with Gasteiger partial charge in [0, 0.05) is 11.9 Å². The van der Waals surface area contributed by atoms with Gasteiger partial charge in [-0.2, -0.15) is 0 Å². The first kappa shape index (κ1) is 9.19. The Kier molecular flexibility index (Phi) is 3.22. The second-order valence-corrected chi connectivity index (χ2v) is 2.58. The van der Waals surface area contributed by atoms with Crippen LogP contribution in [0, 0.1) is 0 Å². The van der Waals surface area contributed by atoms with Gasteiger partial charge < -0.3 is 10.3 Å². The minimum Gasteiger partial charge on any atom is -0.346 e. The maximum atomic E-state index is 12.0. The summed E-state index contributed by atoms with van der Waals surface area (Å²) in [6.07, 6.45) is 0.00516. The molecule has 0 fully saturated rings. The minimum atomic E-state index is -2.30. The number of hydrogen-bond acceptors (Lipinski definition) is 1. The summed E-state index contributed by atoms with van der Waals surface area (Å²) in [6.45, 7) is 0.260. The van der Waals surface area contributed by atoms with Crippen molar-refractivity contribution in [3.8, 4) is 0 Å². The van der Waals surface area contributed by atoms with Crippen molar-refractivity contribution >= 4 is 0 Å². The van der Waals surface area contributed by atoms with Crippen LogP contribution < -0.4 is 5.73 Å². The Morgan fingerprint density at radius 1 is 1.50 bits per heavy atom. The van der Waals surface area contributed by atoms with E-state index in [0.717, 1.165) is 5.69 Å². The van der Waals surface area contributed by atoms with Crippen LogP contribution in [0.2, 0.25) is 0 Å². The van der Waals surface area contributed by atoms with E-state index in [4.69, 9.17) is 5.73 Å². The first-order chi connectivity index (χ1) is 5.74. The number of alkyl halides is 2. The minimum absolute atomic E-state index is 0.234. The lowest BCUT2D eigenvalue weighted by Crippen LogP contribution is -2.12. The van der Waals surface area contributed by atoms with Gasteiger partial charge in [-0.05, 0) is 25.1 Å². The average Bonchev–Trinajstić information content (AvgIpc) is 2.37. The molecule has 12 heavy (non-hydrogen) atoms. The fourth-order valence-corrected chi connectivity index (χ4v) is 1.15. The number of halogens is 2. The quantitative estimate of drug-likeness (QED) is 0.731. The summed E-state index contributed by atoms with van der Waals surface area (Å²) in [5, 5.41) is 0. The molecule has 0 aliphatic heterocycles. The van der Waals surface area contributed by atoms with Crippen LogP contribution in [0.25, 0.3) is 0 Å². The molecule has 0 bridgehead atoms. The third-order valence-corrected chi connectivity index (χ3v) is 1.66. The highest BCUT2D eigenvalue weighted by molar-refractivity contribution is 5.07. The van der Waals surface area contributed by atoms with Gasteiger partial charge in [-0.15, -0.1) is 0 Å². The van der Waals surface area contributed by atoms with Crippen molar-refractivity contribution in [1.82, 2.24) is 4.57 Å². The van der Waals surface area contributed by atoms with Gasteiger partial charge in [0.05, 0.1) is 6.54 Å². The molecule has 0 aliphatic rings. The van der Waals surface area contributed by atoms with E-state index in [9.17, 15) is 8.78 Å². The molecule has 0 spiro atoms. The van der Waals surface area contributed by atoms with Crippen LogP contribution in [-0.2, 0) is 13.0 Å². The second kappa shape index (κ2) is 4.21. The molecule has 1 aromatic heterocycles. The van der Waals surface area contributed by atoms with Crippen LogP contribution in [0.3, 0.4) is 0 Å². The van der Waals surface area contributed by atoms with Crippen molar-refractivity contribution < 1.29 is 8.78 Å². The monoisotopic (exact) mass is 174 g/mol. The zero-order valence-corrected chi connectivity index (χ0v) is 6.71. The van der Waals surface area contributed by atoms with E-state index >= 15 is 0 Å².